The van der Waals surface area contributed by atoms with Crippen molar-refractivity contribution in [1.29, 1.82) is 0 Å². The van der Waals surface area contributed by atoms with Crippen LogP contribution in [-0.2, 0) is 9.47 Å². The molecule has 0 amide bonds. The van der Waals surface area contributed by atoms with Crippen LogP contribution in [0.2, 0.25) is 0 Å². The number of carbonyl (C=O) groups excluding carboxylic acids is 2. The Labute approximate surface area is 320 Å². The number of carbonyl (C=O) groups is 4. The van der Waals surface area contributed by atoms with Crippen LogP contribution in [0, 0.1) is 56.7 Å². The molecular formula is C46H58O8. The first-order chi connectivity index (χ1) is 25.4. The molecule has 8 nitrogen and oxygen atoms in total. The number of aromatic carboxylic acids is 2. The van der Waals surface area contributed by atoms with Crippen LogP contribution in [0.5, 0.6) is 0 Å². The Morgan fingerprint density at radius 2 is 1.28 bits per heavy atom. The van der Waals surface area contributed by atoms with Gasteiger partial charge in [-0.1, -0.05) is 71.0 Å². The van der Waals surface area contributed by atoms with Gasteiger partial charge in [0.25, 0.3) is 0 Å². The van der Waals surface area contributed by atoms with Gasteiger partial charge in [-0.3, -0.25) is 0 Å². The molecule has 0 aliphatic heterocycles. The number of allylic oxidation sites excluding steroid dienone is 1. The summed E-state index contributed by atoms with van der Waals surface area (Å²) in [6, 6.07) is 12.6. The number of hydrogen-bond acceptors (Lipinski definition) is 6. The van der Waals surface area contributed by atoms with Crippen LogP contribution >= 0.6 is 0 Å². The third-order valence-corrected chi connectivity index (χ3v) is 16.7. The average molecular weight is 739 g/mol. The number of carboxylic acid groups (broad SMARTS) is 2. The molecule has 54 heavy (non-hydrogen) atoms. The SMILES string of the molecule is C=C(C)[C@@H]1CC[C@]2(COC(=O)c3ccccc3C(=O)O)CC[C@]3(C)C(CC[C@@H]4[C@@]5(C)CC[C@H](OC(=O)c6ccccc6C(=O)O)C(C)(C)C5CC[C@]43C)[C@H]12. The summed E-state index contributed by atoms with van der Waals surface area (Å²) in [6.45, 7) is 19.1. The summed E-state index contributed by atoms with van der Waals surface area (Å²) in [4.78, 5) is 50.7. The molecule has 0 bridgehead atoms. The van der Waals surface area contributed by atoms with E-state index in [1.54, 1.807) is 36.4 Å². The summed E-state index contributed by atoms with van der Waals surface area (Å²) in [6.07, 6.45) is 9.77. The van der Waals surface area contributed by atoms with Gasteiger partial charge >= 0.3 is 23.9 Å². The van der Waals surface area contributed by atoms with E-state index in [4.69, 9.17) is 9.47 Å². The van der Waals surface area contributed by atoms with Gasteiger partial charge in [-0.25, -0.2) is 19.2 Å². The fraction of sp³-hybridized carbons (Fsp3) is 0.609. The summed E-state index contributed by atoms with van der Waals surface area (Å²) < 4.78 is 12.4. The molecule has 2 unspecified atom stereocenters. The first-order valence-electron chi connectivity index (χ1n) is 20.1. The summed E-state index contributed by atoms with van der Waals surface area (Å²) in [5.74, 6) is -1.43. The van der Waals surface area contributed by atoms with E-state index in [1.165, 1.54) is 17.7 Å². The molecule has 8 heteroatoms. The maximum Gasteiger partial charge on any atom is 0.339 e. The van der Waals surface area contributed by atoms with Crippen LogP contribution in [0.1, 0.15) is 147 Å². The summed E-state index contributed by atoms with van der Waals surface area (Å²) in [5.41, 5.74) is 1.09. The van der Waals surface area contributed by atoms with Gasteiger partial charge in [0, 0.05) is 10.8 Å². The second-order valence-electron chi connectivity index (χ2n) is 19.1. The number of rotatable bonds is 8. The standard InChI is InChI=1S/C46H58O8/c1-27(2)28-18-23-46(26-53-40(51)31-14-10-8-12-29(31)38(47)48)25-24-44(6)33(37(28)46)16-17-35-43(5)21-20-36(42(3,4)34(43)19-22-45(35,44)7)54-41(52)32-15-11-9-13-30(32)39(49)50/h8-15,28,33-37H,1,16-26H2,2-7H3,(H,47,48)(H,49,50)/t28-,33?,34?,35+,36-,37-,43-,44+,45+,46+/m0/s1. The zero-order valence-electron chi connectivity index (χ0n) is 32.9. The number of benzene rings is 2. The Morgan fingerprint density at radius 1 is 0.685 bits per heavy atom. The van der Waals surface area contributed by atoms with Crippen molar-refractivity contribution >= 4 is 23.9 Å². The van der Waals surface area contributed by atoms with Crippen LogP contribution in [0.15, 0.2) is 60.7 Å². The van der Waals surface area contributed by atoms with Crippen molar-refractivity contribution in [2.75, 3.05) is 6.61 Å². The molecule has 5 fully saturated rings. The molecule has 10 atom stereocenters. The van der Waals surface area contributed by atoms with Crippen LogP contribution in [0.3, 0.4) is 0 Å². The smallest absolute Gasteiger partial charge is 0.339 e. The molecule has 5 aliphatic rings. The van der Waals surface area contributed by atoms with Gasteiger partial charge in [0.1, 0.15) is 6.10 Å². The molecular weight excluding hydrogens is 680 g/mol. The molecule has 5 saturated carbocycles. The second-order valence-corrected chi connectivity index (χ2v) is 19.1. The lowest BCUT2D eigenvalue weighted by Crippen LogP contribution is -2.67. The van der Waals surface area contributed by atoms with Crippen molar-refractivity contribution in [2.24, 2.45) is 56.7 Å². The zero-order valence-corrected chi connectivity index (χ0v) is 32.9. The minimum Gasteiger partial charge on any atom is -0.478 e. The van der Waals surface area contributed by atoms with Crippen molar-refractivity contribution in [1.82, 2.24) is 0 Å². The average Bonchev–Trinajstić information content (AvgIpc) is 3.52. The fourth-order valence-electron chi connectivity index (χ4n) is 13.9. The van der Waals surface area contributed by atoms with E-state index in [-0.39, 0.29) is 55.4 Å². The van der Waals surface area contributed by atoms with Gasteiger partial charge in [0.05, 0.1) is 28.9 Å². The molecule has 0 radical (unpaired) electrons. The van der Waals surface area contributed by atoms with E-state index in [0.717, 1.165) is 64.2 Å². The molecule has 2 aromatic rings. The molecule has 7 rings (SSSR count). The highest BCUT2D eigenvalue weighted by Gasteiger charge is 2.71. The van der Waals surface area contributed by atoms with E-state index in [2.05, 4.69) is 48.1 Å². The first-order valence-corrected chi connectivity index (χ1v) is 20.1. The van der Waals surface area contributed by atoms with Crippen LogP contribution in [0.4, 0.5) is 0 Å². The minimum atomic E-state index is -1.14. The van der Waals surface area contributed by atoms with Crippen molar-refractivity contribution < 1.29 is 38.9 Å². The normalized spacial score (nSPS) is 37.7. The van der Waals surface area contributed by atoms with Gasteiger partial charge in [-0.05, 0) is 141 Å². The topological polar surface area (TPSA) is 127 Å². The number of fused-ring (bicyclic) bond motifs is 7. The molecule has 0 heterocycles. The highest BCUT2D eigenvalue weighted by atomic mass is 16.5. The second kappa shape index (κ2) is 13.4. The van der Waals surface area contributed by atoms with Gasteiger partial charge in [0.2, 0.25) is 0 Å². The third kappa shape index (κ3) is 5.67. The van der Waals surface area contributed by atoms with Gasteiger partial charge in [-0.15, -0.1) is 0 Å². The van der Waals surface area contributed by atoms with E-state index in [1.807, 2.05) is 0 Å². The zero-order chi connectivity index (χ0) is 39.0. The molecule has 5 aliphatic carbocycles. The molecule has 0 spiro atoms. The van der Waals surface area contributed by atoms with Gasteiger partial charge in [-0.2, -0.15) is 0 Å². The fourth-order valence-corrected chi connectivity index (χ4v) is 13.9. The predicted molar refractivity (Wildman–Crippen MR) is 205 cm³/mol. The third-order valence-electron chi connectivity index (χ3n) is 16.7. The van der Waals surface area contributed by atoms with Crippen molar-refractivity contribution in [3.63, 3.8) is 0 Å². The Kier molecular flexibility index (Phi) is 9.49. The molecule has 2 N–H and O–H groups in total. The van der Waals surface area contributed by atoms with Crippen molar-refractivity contribution in [3.8, 4) is 0 Å². The van der Waals surface area contributed by atoms with E-state index in [9.17, 15) is 29.4 Å². The quantitative estimate of drug-likeness (QED) is 0.202. The summed E-state index contributed by atoms with van der Waals surface area (Å²) >= 11 is 0. The molecule has 0 aromatic heterocycles. The van der Waals surface area contributed by atoms with Crippen LogP contribution in [-0.4, -0.2) is 46.8 Å². The highest BCUT2D eigenvalue weighted by Crippen LogP contribution is 2.77. The minimum absolute atomic E-state index is 0.0336. The van der Waals surface area contributed by atoms with Gasteiger partial charge < -0.3 is 19.7 Å². The lowest BCUT2D eigenvalue weighted by atomic mass is 9.32. The number of ether oxygens (including phenoxy) is 2. The highest BCUT2D eigenvalue weighted by molar-refractivity contribution is 6.03. The lowest BCUT2D eigenvalue weighted by molar-refractivity contribution is -0.249. The summed E-state index contributed by atoms with van der Waals surface area (Å²) in [5, 5.41) is 19.5. The Morgan fingerprint density at radius 3 is 1.87 bits per heavy atom. The maximum absolute atomic E-state index is 13.5. The Bertz CT molecular complexity index is 1880. The molecule has 0 saturated heterocycles. The largest absolute Gasteiger partial charge is 0.478 e. The van der Waals surface area contributed by atoms with Crippen LogP contribution in [0.25, 0.3) is 0 Å². The van der Waals surface area contributed by atoms with E-state index < -0.39 is 23.9 Å². The van der Waals surface area contributed by atoms with E-state index in [0.29, 0.717) is 36.2 Å². The number of hydrogen-bond donors (Lipinski definition) is 2. The van der Waals surface area contributed by atoms with Crippen molar-refractivity contribution in [2.45, 2.75) is 112 Å². The van der Waals surface area contributed by atoms with E-state index >= 15 is 0 Å². The number of carboxylic acids is 2. The Hall–Kier alpha value is -3.94. The monoisotopic (exact) mass is 738 g/mol. The maximum atomic E-state index is 13.5. The van der Waals surface area contributed by atoms with Crippen LogP contribution < -0.4 is 0 Å². The molecule has 2 aromatic carbocycles. The predicted octanol–water partition coefficient (Wildman–Crippen LogP) is 10.1. The molecule has 290 valence electrons. The van der Waals surface area contributed by atoms with Crippen molar-refractivity contribution in [3.05, 3.63) is 82.9 Å². The lowest BCUT2D eigenvalue weighted by Gasteiger charge is -2.73. The first kappa shape index (κ1) is 38.3. The number of esters is 2. The Balaban J connectivity index is 1.14. The summed E-state index contributed by atoms with van der Waals surface area (Å²) in [7, 11) is 0. The van der Waals surface area contributed by atoms with Gasteiger partial charge in [0.15, 0.2) is 0 Å².